The predicted octanol–water partition coefficient (Wildman–Crippen LogP) is 4.78. The van der Waals surface area contributed by atoms with Crippen LogP contribution in [-0.4, -0.2) is 9.97 Å². The molecule has 4 aliphatic rings. The van der Waals surface area contributed by atoms with Crippen LogP contribution in [0.1, 0.15) is 55.8 Å². The molecule has 3 saturated carbocycles. The normalized spacial score (nSPS) is 30.1. The Morgan fingerprint density at radius 1 is 1.00 bits per heavy atom. The van der Waals surface area contributed by atoms with E-state index in [1.54, 1.807) is 0 Å². The highest BCUT2D eigenvalue weighted by atomic mass is 14.8. The minimum atomic E-state index is 0.511. The second-order valence-electron chi connectivity index (χ2n) is 8.30. The Kier molecular flexibility index (Phi) is 2.78. The van der Waals surface area contributed by atoms with Gasteiger partial charge in [-0.2, -0.15) is 0 Å². The molecule has 0 saturated heterocycles. The van der Waals surface area contributed by atoms with E-state index in [9.17, 15) is 0 Å². The summed E-state index contributed by atoms with van der Waals surface area (Å²) in [7, 11) is 0. The third-order valence-corrected chi connectivity index (χ3v) is 7.02. The molecule has 2 aromatic rings. The van der Waals surface area contributed by atoms with Crippen molar-refractivity contribution in [2.75, 3.05) is 0 Å². The van der Waals surface area contributed by atoms with Gasteiger partial charge in [-0.3, -0.25) is 9.97 Å². The van der Waals surface area contributed by atoms with Crippen molar-refractivity contribution in [2.45, 2.75) is 51.9 Å². The Labute approximate surface area is 138 Å². The number of fused-ring (bicyclic) bond motifs is 5. The van der Waals surface area contributed by atoms with Crippen LogP contribution < -0.4 is 0 Å². The van der Waals surface area contributed by atoms with Crippen molar-refractivity contribution in [2.24, 2.45) is 17.3 Å². The smallest absolute Gasteiger partial charge is 0.0924 e. The quantitative estimate of drug-likeness (QED) is 0.757. The number of nitrogens with zero attached hydrogens (tertiary/aromatic N) is 2. The predicted molar refractivity (Wildman–Crippen MR) is 92.2 cm³/mol. The second kappa shape index (κ2) is 4.66. The monoisotopic (exact) mass is 304 g/mol. The maximum Gasteiger partial charge on any atom is 0.0924 e. The summed E-state index contributed by atoms with van der Waals surface area (Å²) in [6.07, 6.45) is 8.20. The van der Waals surface area contributed by atoms with E-state index in [2.05, 4.69) is 37.0 Å². The van der Waals surface area contributed by atoms with Crippen LogP contribution >= 0.6 is 0 Å². The lowest BCUT2D eigenvalue weighted by molar-refractivity contribution is -0.0813. The third-order valence-electron chi connectivity index (χ3n) is 7.02. The van der Waals surface area contributed by atoms with E-state index in [1.165, 1.54) is 36.1 Å². The van der Waals surface area contributed by atoms with Crippen LogP contribution in [0.4, 0.5) is 0 Å². The number of pyridine rings is 2. The molecule has 0 aromatic carbocycles. The molecule has 1 unspecified atom stereocenters. The second-order valence-corrected chi connectivity index (χ2v) is 8.30. The molecular weight excluding hydrogens is 280 g/mol. The molecule has 2 aromatic heterocycles. The van der Waals surface area contributed by atoms with Crippen LogP contribution in [-0.2, 0) is 12.8 Å². The van der Waals surface area contributed by atoms with E-state index in [1.807, 2.05) is 12.3 Å². The molecule has 0 N–H and O–H groups in total. The van der Waals surface area contributed by atoms with Gasteiger partial charge in [-0.15, -0.1) is 0 Å². The Hall–Kier alpha value is -1.70. The summed E-state index contributed by atoms with van der Waals surface area (Å²) in [6.45, 7) is 4.93. The van der Waals surface area contributed by atoms with E-state index in [0.717, 1.165) is 36.1 Å². The molecule has 2 bridgehead atoms. The number of aryl methyl sites for hydroxylation is 2. The van der Waals surface area contributed by atoms with Crippen molar-refractivity contribution < 1.29 is 0 Å². The Morgan fingerprint density at radius 3 is 2.61 bits per heavy atom. The fourth-order valence-corrected chi connectivity index (χ4v) is 5.40. The van der Waals surface area contributed by atoms with Gasteiger partial charge >= 0.3 is 0 Å². The molecule has 2 heteroatoms. The molecule has 2 nitrogen and oxygen atoms in total. The van der Waals surface area contributed by atoms with Gasteiger partial charge in [-0.25, -0.2) is 0 Å². The topological polar surface area (TPSA) is 25.8 Å². The molecule has 3 fully saturated rings. The average molecular weight is 304 g/mol. The van der Waals surface area contributed by atoms with Crippen molar-refractivity contribution in [3.05, 3.63) is 47.3 Å². The van der Waals surface area contributed by atoms with Crippen LogP contribution in [0.3, 0.4) is 0 Å². The Balaban J connectivity index is 1.57. The molecule has 0 spiro atoms. The third kappa shape index (κ3) is 1.87. The summed E-state index contributed by atoms with van der Waals surface area (Å²) >= 11 is 0. The van der Waals surface area contributed by atoms with Crippen molar-refractivity contribution in [1.82, 2.24) is 9.97 Å². The van der Waals surface area contributed by atoms with Crippen molar-refractivity contribution in [3.63, 3.8) is 0 Å². The summed E-state index contributed by atoms with van der Waals surface area (Å²) in [4.78, 5) is 9.80. The Bertz CT molecular complexity index is 775. The van der Waals surface area contributed by atoms with Crippen LogP contribution in [0.15, 0.2) is 30.5 Å². The lowest BCUT2D eigenvalue weighted by Gasteiger charge is -2.60. The van der Waals surface area contributed by atoms with Gasteiger partial charge < -0.3 is 0 Å². The van der Waals surface area contributed by atoms with Crippen LogP contribution in [0.2, 0.25) is 0 Å². The van der Waals surface area contributed by atoms with Crippen molar-refractivity contribution in [3.8, 4) is 11.4 Å². The van der Waals surface area contributed by atoms with Crippen molar-refractivity contribution >= 4 is 0 Å². The van der Waals surface area contributed by atoms with E-state index in [4.69, 9.17) is 4.98 Å². The summed E-state index contributed by atoms with van der Waals surface area (Å²) in [5.74, 6) is 2.41. The molecule has 3 atom stereocenters. The number of aromatic nitrogens is 2. The average Bonchev–Trinajstić information content (AvgIpc) is 2.61. The lowest BCUT2D eigenvalue weighted by atomic mass is 9.45. The highest BCUT2D eigenvalue weighted by Crippen LogP contribution is 2.63. The summed E-state index contributed by atoms with van der Waals surface area (Å²) < 4.78 is 0. The van der Waals surface area contributed by atoms with Gasteiger partial charge in [0.2, 0.25) is 0 Å². The van der Waals surface area contributed by atoms with Gasteiger partial charge in [-0.1, -0.05) is 26.0 Å². The molecule has 4 aliphatic carbocycles. The molecule has 2 heterocycles. The maximum atomic E-state index is 5.16. The number of hydrogen-bond donors (Lipinski definition) is 0. The van der Waals surface area contributed by atoms with Gasteiger partial charge in [0.15, 0.2) is 0 Å². The van der Waals surface area contributed by atoms with Gasteiger partial charge in [0.25, 0.3) is 0 Å². The van der Waals surface area contributed by atoms with E-state index in [0.29, 0.717) is 11.3 Å². The van der Waals surface area contributed by atoms with Gasteiger partial charge in [0.1, 0.15) is 0 Å². The van der Waals surface area contributed by atoms with Crippen LogP contribution in [0, 0.1) is 17.3 Å². The largest absolute Gasteiger partial charge is 0.254 e. The first kappa shape index (κ1) is 13.7. The van der Waals surface area contributed by atoms with E-state index < -0.39 is 0 Å². The molecule has 0 amide bonds. The number of hydrogen-bond acceptors (Lipinski definition) is 2. The van der Waals surface area contributed by atoms with Gasteiger partial charge in [0, 0.05) is 17.8 Å². The lowest BCUT2D eigenvalue weighted by Crippen LogP contribution is -2.51. The zero-order chi connectivity index (χ0) is 15.6. The summed E-state index contributed by atoms with van der Waals surface area (Å²) in [5, 5.41) is 0. The minimum Gasteiger partial charge on any atom is -0.254 e. The molecule has 0 radical (unpaired) electrons. The molecule has 23 heavy (non-hydrogen) atoms. The maximum absolute atomic E-state index is 5.16. The molecule has 6 rings (SSSR count). The fraction of sp³-hybridized carbons (Fsp3) is 0.524. The molecule has 0 aliphatic heterocycles. The van der Waals surface area contributed by atoms with Gasteiger partial charge in [0.05, 0.1) is 11.4 Å². The number of rotatable bonds is 1. The summed E-state index contributed by atoms with van der Waals surface area (Å²) in [5.41, 5.74) is 6.84. The SMILES string of the molecule is CC1(C)[C@H]2CCC(c3ccc4c(n3)-c3ncccc3CC4)[C@@H]1C2. The molecular formula is C21H24N2. The standard InChI is InChI=1S/C21H24N2/c1-21(2)15-8-9-16(17(21)12-15)18-10-7-14-6-5-13-4-3-11-22-19(13)20(14)23-18/h3-4,7,10-11,15-17H,5-6,8-9,12H2,1-2H3/t15-,16?,17-/m0/s1. The first-order chi connectivity index (χ1) is 11.1. The van der Waals surface area contributed by atoms with E-state index >= 15 is 0 Å². The first-order valence-corrected chi connectivity index (χ1v) is 9.08. The molecule has 118 valence electrons. The van der Waals surface area contributed by atoms with Crippen molar-refractivity contribution in [1.29, 1.82) is 0 Å². The summed E-state index contributed by atoms with van der Waals surface area (Å²) in [6, 6.07) is 8.89. The van der Waals surface area contributed by atoms with Crippen LogP contribution in [0.5, 0.6) is 0 Å². The highest BCUT2D eigenvalue weighted by molar-refractivity contribution is 5.65. The minimum absolute atomic E-state index is 0.511. The zero-order valence-electron chi connectivity index (χ0n) is 14.0. The zero-order valence-corrected chi connectivity index (χ0v) is 14.0. The van der Waals surface area contributed by atoms with E-state index in [-0.39, 0.29) is 0 Å². The first-order valence-electron chi connectivity index (χ1n) is 9.08. The fourth-order valence-electron chi connectivity index (χ4n) is 5.40. The van der Waals surface area contributed by atoms with Crippen LogP contribution in [0.25, 0.3) is 11.4 Å². The Morgan fingerprint density at radius 2 is 1.83 bits per heavy atom. The highest BCUT2D eigenvalue weighted by Gasteiger charge is 2.54. The van der Waals surface area contributed by atoms with Gasteiger partial charge in [-0.05, 0) is 72.6 Å².